The Morgan fingerprint density at radius 2 is 1.74 bits per heavy atom. The number of anilines is 1. The van der Waals surface area contributed by atoms with Gasteiger partial charge < -0.3 is 20.1 Å². The molecule has 2 aromatic rings. The molecular formula is C22H26N2O6S. The number of esters is 2. The van der Waals surface area contributed by atoms with E-state index >= 15 is 0 Å². The summed E-state index contributed by atoms with van der Waals surface area (Å²) < 4.78 is 10.1. The molecule has 0 fully saturated rings. The normalized spacial score (nSPS) is 11.4. The number of carbonyl (C=O) groups excluding carboxylic acids is 4. The second-order valence-corrected chi connectivity index (χ2v) is 7.75. The second kappa shape index (κ2) is 11.3. The van der Waals surface area contributed by atoms with E-state index in [9.17, 15) is 19.2 Å². The zero-order valence-corrected chi connectivity index (χ0v) is 18.8. The first-order valence-electron chi connectivity index (χ1n) is 9.90. The number of carbonyl (C=O) groups is 4. The van der Waals surface area contributed by atoms with Crippen LogP contribution < -0.4 is 10.6 Å². The second-order valence-electron chi connectivity index (χ2n) is 6.65. The minimum Gasteiger partial charge on any atom is -0.462 e. The summed E-state index contributed by atoms with van der Waals surface area (Å²) in [6.07, 6.45) is 0.701. The standard InChI is InChI=1S/C22H26N2O6S/c1-5-16-13(3)18(22(28)29-6-2)20(31-16)24-17(25)12-30-21(27)14(4)23-19(26)15-10-8-7-9-11-15/h7-11,14H,5-6,12H2,1-4H3,(H,23,26)(H,24,25)/t14-/m0/s1. The Balaban J connectivity index is 1.95. The van der Waals surface area contributed by atoms with Crippen LogP contribution in [0.3, 0.4) is 0 Å². The largest absolute Gasteiger partial charge is 0.462 e. The monoisotopic (exact) mass is 446 g/mol. The van der Waals surface area contributed by atoms with Crippen molar-refractivity contribution in [2.24, 2.45) is 0 Å². The lowest BCUT2D eigenvalue weighted by atomic mass is 10.1. The van der Waals surface area contributed by atoms with Crippen LogP contribution in [0.4, 0.5) is 5.00 Å². The van der Waals surface area contributed by atoms with Gasteiger partial charge in [-0.2, -0.15) is 0 Å². The number of thiophene rings is 1. The van der Waals surface area contributed by atoms with E-state index in [0.29, 0.717) is 22.5 Å². The van der Waals surface area contributed by atoms with Crippen molar-refractivity contribution in [3.05, 3.63) is 51.9 Å². The lowest BCUT2D eigenvalue weighted by molar-refractivity contribution is -0.148. The van der Waals surface area contributed by atoms with Crippen molar-refractivity contribution in [1.29, 1.82) is 0 Å². The zero-order valence-electron chi connectivity index (χ0n) is 17.9. The first kappa shape index (κ1) is 24.1. The van der Waals surface area contributed by atoms with Gasteiger partial charge in [0.1, 0.15) is 11.0 Å². The van der Waals surface area contributed by atoms with Crippen molar-refractivity contribution >= 4 is 40.1 Å². The van der Waals surface area contributed by atoms with Crippen molar-refractivity contribution in [3.8, 4) is 0 Å². The van der Waals surface area contributed by atoms with Gasteiger partial charge in [-0.25, -0.2) is 9.59 Å². The summed E-state index contributed by atoms with van der Waals surface area (Å²) in [6, 6.07) is 7.50. The van der Waals surface area contributed by atoms with Gasteiger partial charge in [0.15, 0.2) is 6.61 Å². The van der Waals surface area contributed by atoms with Crippen LogP contribution in [0.1, 0.15) is 51.9 Å². The third-order valence-corrected chi connectivity index (χ3v) is 5.73. The molecule has 0 saturated carbocycles. The molecule has 9 heteroatoms. The summed E-state index contributed by atoms with van der Waals surface area (Å²) >= 11 is 1.28. The van der Waals surface area contributed by atoms with Gasteiger partial charge in [0.05, 0.1) is 12.2 Å². The van der Waals surface area contributed by atoms with Crippen LogP contribution in [0.15, 0.2) is 30.3 Å². The molecule has 1 aromatic heterocycles. The minimum absolute atomic E-state index is 0.215. The molecule has 0 bridgehead atoms. The van der Waals surface area contributed by atoms with E-state index in [1.807, 2.05) is 6.92 Å². The minimum atomic E-state index is -0.939. The highest BCUT2D eigenvalue weighted by molar-refractivity contribution is 7.17. The first-order chi connectivity index (χ1) is 14.8. The maximum atomic E-state index is 12.3. The fourth-order valence-electron chi connectivity index (χ4n) is 2.79. The third-order valence-electron chi connectivity index (χ3n) is 4.38. The number of ether oxygens (including phenoxy) is 2. The van der Waals surface area contributed by atoms with Crippen LogP contribution in [0, 0.1) is 6.92 Å². The summed E-state index contributed by atoms with van der Waals surface area (Å²) in [6.45, 7) is 6.59. The average molecular weight is 447 g/mol. The average Bonchev–Trinajstić information content (AvgIpc) is 3.07. The Bertz CT molecular complexity index is 954. The van der Waals surface area contributed by atoms with Crippen molar-refractivity contribution in [2.45, 2.75) is 40.2 Å². The fraction of sp³-hybridized carbons (Fsp3) is 0.364. The van der Waals surface area contributed by atoms with Gasteiger partial charge in [-0.15, -0.1) is 11.3 Å². The Hall–Kier alpha value is -3.20. The van der Waals surface area contributed by atoms with Crippen molar-refractivity contribution in [1.82, 2.24) is 5.32 Å². The highest BCUT2D eigenvalue weighted by Crippen LogP contribution is 2.34. The van der Waals surface area contributed by atoms with Crippen LogP contribution in [0.5, 0.6) is 0 Å². The number of aryl methyl sites for hydroxylation is 1. The lowest BCUT2D eigenvalue weighted by Gasteiger charge is -2.13. The number of amides is 2. The van der Waals surface area contributed by atoms with E-state index in [4.69, 9.17) is 9.47 Å². The predicted molar refractivity (Wildman–Crippen MR) is 117 cm³/mol. The summed E-state index contributed by atoms with van der Waals surface area (Å²) in [7, 11) is 0. The van der Waals surface area contributed by atoms with Gasteiger partial charge in [0.25, 0.3) is 11.8 Å². The maximum absolute atomic E-state index is 12.3. The van der Waals surface area contributed by atoms with Crippen molar-refractivity contribution in [3.63, 3.8) is 0 Å². The molecule has 2 amide bonds. The number of benzene rings is 1. The van der Waals surface area contributed by atoms with Gasteiger partial charge in [-0.05, 0) is 44.9 Å². The number of hydrogen-bond donors (Lipinski definition) is 2. The van der Waals surface area contributed by atoms with Gasteiger partial charge in [0.2, 0.25) is 0 Å². The Morgan fingerprint density at radius 3 is 2.35 bits per heavy atom. The molecular weight excluding hydrogens is 420 g/mol. The van der Waals surface area contributed by atoms with Crippen LogP contribution in [-0.4, -0.2) is 43.0 Å². The Kier molecular flexibility index (Phi) is 8.75. The molecule has 0 radical (unpaired) electrons. The molecule has 0 unspecified atom stereocenters. The van der Waals surface area contributed by atoms with E-state index < -0.39 is 36.4 Å². The summed E-state index contributed by atoms with van der Waals surface area (Å²) in [5.41, 5.74) is 1.48. The number of nitrogens with one attached hydrogen (secondary N) is 2. The molecule has 8 nitrogen and oxygen atoms in total. The summed E-state index contributed by atoms with van der Waals surface area (Å²) in [4.78, 5) is 49.8. The van der Waals surface area contributed by atoms with E-state index in [1.54, 1.807) is 44.2 Å². The van der Waals surface area contributed by atoms with Gasteiger partial charge >= 0.3 is 11.9 Å². The molecule has 0 aliphatic carbocycles. The van der Waals surface area contributed by atoms with Crippen LogP contribution >= 0.6 is 11.3 Å². The highest BCUT2D eigenvalue weighted by Gasteiger charge is 2.24. The SMILES string of the molecule is CCOC(=O)c1c(NC(=O)COC(=O)[C@H](C)NC(=O)c2ccccc2)sc(CC)c1C. The molecule has 0 aliphatic heterocycles. The fourth-order valence-corrected chi connectivity index (χ4v) is 3.94. The molecule has 0 spiro atoms. The molecule has 0 aliphatic rings. The highest BCUT2D eigenvalue weighted by atomic mass is 32.1. The van der Waals surface area contributed by atoms with E-state index in [2.05, 4.69) is 10.6 Å². The van der Waals surface area contributed by atoms with E-state index in [1.165, 1.54) is 18.3 Å². The Labute approximate surface area is 184 Å². The maximum Gasteiger partial charge on any atom is 0.341 e. The van der Waals surface area contributed by atoms with Gasteiger partial charge in [-0.3, -0.25) is 9.59 Å². The molecule has 31 heavy (non-hydrogen) atoms. The van der Waals surface area contributed by atoms with E-state index in [-0.39, 0.29) is 6.61 Å². The smallest absolute Gasteiger partial charge is 0.341 e. The molecule has 1 atom stereocenters. The van der Waals surface area contributed by atoms with Crippen LogP contribution in [0.2, 0.25) is 0 Å². The molecule has 2 N–H and O–H groups in total. The molecule has 1 aromatic carbocycles. The molecule has 2 rings (SSSR count). The predicted octanol–water partition coefficient (Wildman–Crippen LogP) is 3.10. The molecule has 166 valence electrons. The Morgan fingerprint density at radius 1 is 1.06 bits per heavy atom. The quantitative estimate of drug-likeness (QED) is 0.573. The molecule has 0 saturated heterocycles. The molecule has 1 heterocycles. The topological polar surface area (TPSA) is 111 Å². The third kappa shape index (κ3) is 6.39. The van der Waals surface area contributed by atoms with Crippen LogP contribution in [-0.2, 0) is 25.5 Å². The van der Waals surface area contributed by atoms with Crippen molar-refractivity contribution < 1.29 is 28.7 Å². The van der Waals surface area contributed by atoms with E-state index in [0.717, 1.165) is 10.4 Å². The van der Waals surface area contributed by atoms with Gasteiger partial charge in [0, 0.05) is 10.4 Å². The van der Waals surface area contributed by atoms with Crippen LogP contribution in [0.25, 0.3) is 0 Å². The lowest BCUT2D eigenvalue weighted by Crippen LogP contribution is -2.40. The van der Waals surface area contributed by atoms with Crippen molar-refractivity contribution in [2.75, 3.05) is 18.5 Å². The number of rotatable bonds is 9. The zero-order chi connectivity index (χ0) is 23.0. The summed E-state index contributed by atoms with van der Waals surface area (Å²) in [5, 5.41) is 5.50. The first-order valence-corrected chi connectivity index (χ1v) is 10.7. The number of hydrogen-bond acceptors (Lipinski definition) is 7. The summed E-state index contributed by atoms with van der Waals surface area (Å²) in [5.74, 6) is -2.28. The van der Waals surface area contributed by atoms with Gasteiger partial charge in [-0.1, -0.05) is 25.1 Å².